The van der Waals surface area contributed by atoms with Crippen LogP contribution in [0.2, 0.25) is 0 Å². The van der Waals surface area contributed by atoms with Crippen molar-refractivity contribution in [1.82, 2.24) is 9.21 Å². The van der Waals surface area contributed by atoms with Gasteiger partial charge in [-0.15, -0.1) is 0 Å². The van der Waals surface area contributed by atoms with Crippen LogP contribution in [0.3, 0.4) is 0 Å². The van der Waals surface area contributed by atoms with Gasteiger partial charge in [0.25, 0.3) is 17.7 Å². The highest BCUT2D eigenvalue weighted by atomic mass is 32.2. The lowest BCUT2D eigenvalue weighted by molar-refractivity contribution is -0.119. The van der Waals surface area contributed by atoms with E-state index in [1.807, 2.05) is 0 Å². The van der Waals surface area contributed by atoms with Crippen LogP contribution in [-0.4, -0.2) is 68.1 Å². The molecule has 1 fully saturated rings. The van der Waals surface area contributed by atoms with Crippen molar-refractivity contribution in [2.75, 3.05) is 32.1 Å². The van der Waals surface area contributed by atoms with E-state index >= 15 is 0 Å². The molecule has 2 aliphatic heterocycles. The van der Waals surface area contributed by atoms with Gasteiger partial charge >= 0.3 is 5.97 Å². The Hall–Kier alpha value is -3.57. The van der Waals surface area contributed by atoms with Crippen LogP contribution in [0.25, 0.3) is 0 Å². The number of rotatable bonds is 6. The summed E-state index contributed by atoms with van der Waals surface area (Å²) in [6.07, 6.45) is 1.62. The first-order valence-corrected chi connectivity index (χ1v) is 12.6. The molecule has 4 rings (SSSR count). The van der Waals surface area contributed by atoms with Crippen molar-refractivity contribution in [3.63, 3.8) is 0 Å². The van der Waals surface area contributed by atoms with E-state index in [0.29, 0.717) is 19.0 Å². The van der Waals surface area contributed by atoms with Crippen LogP contribution in [-0.2, 0) is 19.6 Å². The number of benzene rings is 2. The van der Waals surface area contributed by atoms with E-state index in [1.54, 1.807) is 0 Å². The lowest BCUT2D eigenvalue weighted by atomic mass is 10.0. The summed E-state index contributed by atoms with van der Waals surface area (Å²) in [6, 6.07) is 9.71. The number of carbonyl (C=O) groups excluding carboxylic acids is 4. The van der Waals surface area contributed by atoms with E-state index in [2.05, 4.69) is 12.2 Å². The summed E-state index contributed by atoms with van der Waals surface area (Å²) in [4.78, 5) is 49.6. The molecule has 2 heterocycles. The number of nitrogens with zero attached hydrogens (tertiary/aromatic N) is 2. The number of esters is 1. The largest absolute Gasteiger partial charge is 0.452 e. The Labute approximate surface area is 202 Å². The number of sulfonamides is 1. The molecule has 2 aromatic carbocycles. The van der Waals surface area contributed by atoms with E-state index in [9.17, 15) is 27.6 Å². The van der Waals surface area contributed by atoms with Crippen LogP contribution in [0.1, 0.15) is 50.8 Å². The Morgan fingerprint density at radius 3 is 2.29 bits per heavy atom. The molecule has 35 heavy (non-hydrogen) atoms. The third-order valence-corrected chi connectivity index (χ3v) is 8.09. The molecular weight excluding hydrogens is 474 g/mol. The minimum absolute atomic E-state index is 0.0941. The number of anilines is 1. The molecule has 10 nitrogen and oxygen atoms in total. The van der Waals surface area contributed by atoms with Gasteiger partial charge in [-0.3, -0.25) is 19.3 Å². The molecule has 184 valence electrons. The molecule has 2 aliphatic rings. The van der Waals surface area contributed by atoms with Crippen molar-refractivity contribution in [2.45, 2.75) is 24.7 Å². The summed E-state index contributed by atoms with van der Waals surface area (Å²) in [6.45, 7) is 2.44. The molecule has 0 spiro atoms. The maximum atomic E-state index is 12.8. The van der Waals surface area contributed by atoms with Crippen LogP contribution >= 0.6 is 0 Å². The van der Waals surface area contributed by atoms with Gasteiger partial charge in [0.05, 0.1) is 21.6 Å². The van der Waals surface area contributed by atoms with Crippen molar-refractivity contribution >= 4 is 39.4 Å². The molecule has 0 atom stereocenters. The second-order valence-electron chi connectivity index (χ2n) is 8.66. The van der Waals surface area contributed by atoms with Crippen molar-refractivity contribution in [3.8, 4) is 0 Å². The second kappa shape index (κ2) is 9.59. The summed E-state index contributed by atoms with van der Waals surface area (Å²) in [5.41, 5.74) is 0.820. The Kier molecular flexibility index (Phi) is 6.73. The maximum Gasteiger partial charge on any atom is 0.338 e. The number of nitrogens with one attached hydrogen (secondary N) is 1. The topological polar surface area (TPSA) is 130 Å². The molecule has 0 saturated carbocycles. The third kappa shape index (κ3) is 4.96. The normalized spacial score (nSPS) is 16.8. The van der Waals surface area contributed by atoms with Gasteiger partial charge in [-0.1, -0.05) is 6.92 Å². The fourth-order valence-electron chi connectivity index (χ4n) is 3.99. The van der Waals surface area contributed by atoms with E-state index < -0.39 is 40.3 Å². The molecule has 1 N–H and O–H groups in total. The summed E-state index contributed by atoms with van der Waals surface area (Å²) in [5.74, 6) is -1.81. The van der Waals surface area contributed by atoms with Gasteiger partial charge in [-0.2, -0.15) is 4.31 Å². The van der Waals surface area contributed by atoms with Crippen molar-refractivity contribution in [1.29, 1.82) is 0 Å². The molecule has 0 radical (unpaired) electrons. The minimum atomic E-state index is -3.63. The smallest absolute Gasteiger partial charge is 0.338 e. The highest BCUT2D eigenvalue weighted by Gasteiger charge is 2.33. The van der Waals surface area contributed by atoms with Crippen LogP contribution in [0.15, 0.2) is 47.4 Å². The minimum Gasteiger partial charge on any atom is -0.452 e. The van der Waals surface area contributed by atoms with Crippen LogP contribution in [0.5, 0.6) is 0 Å². The van der Waals surface area contributed by atoms with Crippen LogP contribution in [0, 0.1) is 5.92 Å². The molecule has 0 aliphatic carbocycles. The van der Waals surface area contributed by atoms with Crippen LogP contribution in [0.4, 0.5) is 5.69 Å². The Bertz CT molecular complexity index is 1300. The van der Waals surface area contributed by atoms with Crippen molar-refractivity contribution in [2.24, 2.45) is 5.92 Å². The van der Waals surface area contributed by atoms with Gasteiger partial charge in [0, 0.05) is 25.8 Å². The number of carbonyl (C=O) groups is 4. The molecule has 2 aromatic rings. The zero-order chi connectivity index (χ0) is 25.3. The molecule has 1 saturated heterocycles. The number of piperidine rings is 1. The predicted octanol–water partition coefficient (Wildman–Crippen LogP) is 2.13. The number of fused-ring (bicyclic) bond motifs is 1. The first kappa shape index (κ1) is 24.6. The maximum absolute atomic E-state index is 12.8. The van der Waals surface area contributed by atoms with E-state index in [1.165, 1.54) is 53.8 Å². The summed E-state index contributed by atoms with van der Waals surface area (Å²) in [7, 11) is -2.26. The number of amides is 3. The van der Waals surface area contributed by atoms with E-state index in [-0.39, 0.29) is 27.3 Å². The second-order valence-corrected chi connectivity index (χ2v) is 10.6. The predicted molar refractivity (Wildman–Crippen MR) is 125 cm³/mol. The SMILES string of the molecule is CC1CCN(S(=O)(=O)c2ccc(C(=O)OCC(=O)Nc3ccc4c(c3)C(=O)N(C)C4=O)cc2)CC1. The first-order valence-electron chi connectivity index (χ1n) is 11.1. The number of ether oxygens (including phenoxy) is 1. The third-order valence-electron chi connectivity index (χ3n) is 6.18. The summed E-state index contributed by atoms with van der Waals surface area (Å²) in [5, 5.41) is 2.51. The van der Waals surface area contributed by atoms with E-state index in [0.717, 1.165) is 17.7 Å². The molecule has 0 aromatic heterocycles. The van der Waals surface area contributed by atoms with Crippen molar-refractivity contribution in [3.05, 3.63) is 59.2 Å². The zero-order valence-corrected chi connectivity index (χ0v) is 20.1. The summed E-state index contributed by atoms with van der Waals surface area (Å²) < 4.78 is 32.1. The van der Waals surface area contributed by atoms with Gasteiger partial charge < -0.3 is 10.1 Å². The Morgan fingerprint density at radius 1 is 1.00 bits per heavy atom. The zero-order valence-electron chi connectivity index (χ0n) is 19.3. The van der Waals surface area contributed by atoms with Crippen LogP contribution < -0.4 is 5.32 Å². The number of hydrogen-bond donors (Lipinski definition) is 1. The molecule has 3 amide bonds. The fourth-order valence-corrected chi connectivity index (χ4v) is 5.46. The number of hydrogen-bond acceptors (Lipinski definition) is 7. The monoisotopic (exact) mass is 499 g/mol. The average Bonchev–Trinajstić information content (AvgIpc) is 3.06. The highest BCUT2D eigenvalue weighted by Crippen LogP contribution is 2.25. The van der Waals surface area contributed by atoms with E-state index in [4.69, 9.17) is 4.74 Å². The fraction of sp³-hybridized carbons (Fsp3) is 0.333. The van der Waals surface area contributed by atoms with Gasteiger partial charge in [0.2, 0.25) is 10.0 Å². The average molecular weight is 500 g/mol. The van der Waals surface area contributed by atoms with Gasteiger partial charge in [-0.05, 0) is 61.2 Å². The van der Waals surface area contributed by atoms with Gasteiger partial charge in [0.1, 0.15) is 0 Å². The molecule has 0 bridgehead atoms. The van der Waals surface area contributed by atoms with Crippen molar-refractivity contribution < 1.29 is 32.3 Å². The Morgan fingerprint density at radius 2 is 1.63 bits per heavy atom. The number of imide groups is 1. The lowest BCUT2D eigenvalue weighted by Crippen LogP contribution is -2.37. The molecule has 0 unspecified atom stereocenters. The molecule has 11 heteroatoms. The Balaban J connectivity index is 1.33. The lowest BCUT2D eigenvalue weighted by Gasteiger charge is -2.29. The van der Waals surface area contributed by atoms with Gasteiger partial charge in [-0.25, -0.2) is 13.2 Å². The van der Waals surface area contributed by atoms with Gasteiger partial charge in [0.15, 0.2) is 6.61 Å². The first-order chi connectivity index (χ1) is 16.6. The summed E-state index contributed by atoms with van der Waals surface area (Å²) >= 11 is 0. The standard InChI is InChI=1S/C24H25N3O7S/c1-15-9-11-27(12-10-15)35(32,33)18-6-3-16(4-7-18)24(31)34-14-21(28)25-17-5-8-19-20(13-17)23(30)26(2)22(19)29/h3-8,13,15H,9-12,14H2,1-2H3,(H,25,28). The highest BCUT2D eigenvalue weighted by molar-refractivity contribution is 7.89. The molecular formula is C24H25N3O7S. The quantitative estimate of drug-likeness (QED) is 0.476.